The van der Waals surface area contributed by atoms with Crippen LogP contribution in [0.3, 0.4) is 0 Å². The lowest BCUT2D eigenvalue weighted by Gasteiger charge is -2.12. The number of anilines is 2. The predicted molar refractivity (Wildman–Crippen MR) is 91.3 cm³/mol. The molecule has 2 aromatic carbocycles. The summed E-state index contributed by atoms with van der Waals surface area (Å²) < 4.78 is 43.6. The van der Waals surface area contributed by atoms with Crippen molar-refractivity contribution in [3.05, 3.63) is 53.1 Å². The van der Waals surface area contributed by atoms with Crippen molar-refractivity contribution >= 4 is 34.8 Å². The minimum Gasteiger partial charge on any atom is -0.484 e. The molecular weight excluding hydrogens is 373 g/mol. The van der Waals surface area contributed by atoms with Crippen molar-refractivity contribution in [2.75, 3.05) is 17.2 Å². The first-order chi connectivity index (χ1) is 12.1. The van der Waals surface area contributed by atoms with Crippen LogP contribution in [0.4, 0.5) is 24.5 Å². The van der Waals surface area contributed by atoms with Gasteiger partial charge in [0.05, 0.1) is 10.6 Å². The summed E-state index contributed by atoms with van der Waals surface area (Å²) in [5, 5.41) is 4.43. The summed E-state index contributed by atoms with van der Waals surface area (Å²) in [7, 11) is 0. The van der Waals surface area contributed by atoms with Crippen LogP contribution >= 0.6 is 11.6 Å². The van der Waals surface area contributed by atoms with Crippen LogP contribution in [-0.4, -0.2) is 18.4 Å². The van der Waals surface area contributed by atoms with E-state index in [4.69, 9.17) is 16.3 Å². The number of halogens is 4. The van der Waals surface area contributed by atoms with Crippen molar-refractivity contribution < 1.29 is 27.5 Å². The van der Waals surface area contributed by atoms with Gasteiger partial charge in [0.2, 0.25) is 5.91 Å². The Kier molecular flexibility index (Phi) is 6.10. The topological polar surface area (TPSA) is 67.4 Å². The highest BCUT2D eigenvalue weighted by Crippen LogP contribution is 2.36. The van der Waals surface area contributed by atoms with Crippen molar-refractivity contribution in [1.29, 1.82) is 0 Å². The SMILES string of the molecule is CC(=O)Nc1ccc(OCC(=O)Nc2ccc(Cl)c(C(F)(F)F)c2)cc1. The highest BCUT2D eigenvalue weighted by Gasteiger charge is 2.33. The number of benzene rings is 2. The molecule has 0 fully saturated rings. The second kappa shape index (κ2) is 8.09. The van der Waals surface area contributed by atoms with Crippen LogP contribution in [0.2, 0.25) is 5.02 Å². The Morgan fingerprint density at radius 2 is 1.65 bits per heavy atom. The largest absolute Gasteiger partial charge is 0.484 e. The molecular formula is C17H14ClF3N2O3. The van der Waals surface area contributed by atoms with Gasteiger partial charge in [-0.1, -0.05) is 11.6 Å². The maximum absolute atomic E-state index is 12.8. The number of rotatable bonds is 5. The van der Waals surface area contributed by atoms with Crippen molar-refractivity contribution in [3.63, 3.8) is 0 Å². The van der Waals surface area contributed by atoms with E-state index < -0.39 is 29.3 Å². The van der Waals surface area contributed by atoms with Crippen molar-refractivity contribution in [3.8, 4) is 5.75 Å². The first-order valence-corrected chi connectivity index (χ1v) is 7.70. The molecule has 0 aliphatic rings. The van der Waals surface area contributed by atoms with Crippen molar-refractivity contribution in [1.82, 2.24) is 0 Å². The standard InChI is InChI=1S/C17H14ClF3N2O3/c1-10(24)22-11-2-5-13(6-3-11)26-9-16(25)23-12-4-7-15(18)14(8-12)17(19,20)21/h2-8H,9H2,1H3,(H,22,24)(H,23,25). The highest BCUT2D eigenvalue weighted by atomic mass is 35.5. The van der Waals surface area contributed by atoms with Gasteiger partial charge >= 0.3 is 6.18 Å². The molecule has 0 unspecified atom stereocenters. The van der Waals surface area contributed by atoms with E-state index in [1.165, 1.54) is 13.0 Å². The summed E-state index contributed by atoms with van der Waals surface area (Å²) in [6.07, 6.45) is -4.62. The zero-order valence-corrected chi connectivity index (χ0v) is 14.2. The summed E-state index contributed by atoms with van der Waals surface area (Å²) in [5.74, 6) is -0.494. The van der Waals surface area contributed by atoms with Crippen molar-refractivity contribution in [2.45, 2.75) is 13.1 Å². The second-order valence-corrected chi connectivity index (χ2v) is 5.64. The lowest BCUT2D eigenvalue weighted by molar-refractivity contribution is -0.137. The van der Waals surface area contributed by atoms with Crippen LogP contribution in [0.25, 0.3) is 0 Å². The number of hydrogen-bond donors (Lipinski definition) is 2. The summed E-state index contributed by atoms with van der Waals surface area (Å²) >= 11 is 5.52. The number of ether oxygens (including phenoxy) is 1. The molecule has 0 heterocycles. The Morgan fingerprint density at radius 1 is 1.04 bits per heavy atom. The maximum Gasteiger partial charge on any atom is 0.417 e. The number of hydrogen-bond acceptors (Lipinski definition) is 3. The Balaban J connectivity index is 1.94. The van der Waals surface area contributed by atoms with Gasteiger partial charge in [0.25, 0.3) is 5.91 Å². The Bertz CT molecular complexity index is 808. The van der Waals surface area contributed by atoms with Crippen LogP contribution in [-0.2, 0) is 15.8 Å². The molecule has 0 atom stereocenters. The van der Waals surface area contributed by atoms with Crippen molar-refractivity contribution in [2.24, 2.45) is 0 Å². The normalized spacial score (nSPS) is 11.0. The lowest BCUT2D eigenvalue weighted by atomic mass is 10.2. The summed E-state index contributed by atoms with van der Waals surface area (Å²) in [4.78, 5) is 22.8. The van der Waals surface area contributed by atoms with Crippen LogP contribution in [0.5, 0.6) is 5.75 Å². The molecule has 0 aliphatic carbocycles. The third-order valence-corrected chi connectivity index (χ3v) is 3.43. The van der Waals surface area contributed by atoms with Gasteiger partial charge in [-0.15, -0.1) is 0 Å². The molecule has 0 aliphatic heterocycles. The highest BCUT2D eigenvalue weighted by molar-refractivity contribution is 6.31. The molecule has 9 heteroatoms. The van der Waals surface area contributed by atoms with E-state index >= 15 is 0 Å². The number of amides is 2. The molecule has 0 aromatic heterocycles. The second-order valence-electron chi connectivity index (χ2n) is 5.23. The molecule has 138 valence electrons. The average molecular weight is 387 g/mol. The monoisotopic (exact) mass is 386 g/mol. The lowest BCUT2D eigenvalue weighted by Crippen LogP contribution is -2.20. The van der Waals surface area contributed by atoms with Gasteiger partial charge in [0, 0.05) is 18.3 Å². The third-order valence-electron chi connectivity index (χ3n) is 3.10. The van der Waals surface area contributed by atoms with E-state index in [-0.39, 0.29) is 11.6 Å². The Labute approximate surface area is 152 Å². The van der Waals surface area contributed by atoms with Gasteiger partial charge in [0.15, 0.2) is 6.61 Å². The number of carbonyl (C=O) groups excluding carboxylic acids is 2. The third kappa shape index (κ3) is 5.66. The first kappa shape index (κ1) is 19.6. The zero-order valence-electron chi connectivity index (χ0n) is 13.5. The molecule has 2 aromatic rings. The fraction of sp³-hybridized carbons (Fsp3) is 0.176. The molecule has 0 spiro atoms. The summed E-state index contributed by atoms with van der Waals surface area (Å²) in [6, 6.07) is 9.33. The van der Waals surface area contributed by atoms with Gasteiger partial charge in [0.1, 0.15) is 5.75 Å². The minimum absolute atomic E-state index is 0.0451. The minimum atomic E-state index is -4.62. The van der Waals surface area contributed by atoms with Crippen LogP contribution in [0.1, 0.15) is 12.5 Å². The summed E-state index contributed by atoms with van der Waals surface area (Å²) in [5.41, 5.74) is -0.516. The Morgan fingerprint density at radius 3 is 2.23 bits per heavy atom. The van der Waals surface area contributed by atoms with Gasteiger partial charge in [-0.25, -0.2) is 0 Å². The van der Waals surface area contributed by atoms with Crippen LogP contribution < -0.4 is 15.4 Å². The van der Waals surface area contributed by atoms with E-state index in [1.54, 1.807) is 24.3 Å². The molecule has 2 rings (SSSR count). The maximum atomic E-state index is 12.8. The molecule has 5 nitrogen and oxygen atoms in total. The molecule has 2 amide bonds. The molecule has 0 bridgehead atoms. The summed E-state index contributed by atoms with van der Waals surface area (Å²) in [6.45, 7) is 0.971. The molecule has 0 saturated heterocycles. The number of alkyl halides is 3. The average Bonchev–Trinajstić information content (AvgIpc) is 2.54. The molecule has 0 radical (unpaired) electrons. The van der Waals surface area contributed by atoms with Gasteiger partial charge in [-0.05, 0) is 42.5 Å². The van der Waals surface area contributed by atoms with Gasteiger partial charge in [-0.2, -0.15) is 13.2 Å². The zero-order chi connectivity index (χ0) is 19.3. The van der Waals surface area contributed by atoms with Crippen LogP contribution in [0, 0.1) is 0 Å². The fourth-order valence-corrected chi connectivity index (χ4v) is 2.23. The van der Waals surface area contributed by atoms with E-state index in [0.717, 1.165) is 12.1 Å². The predicted octanol–water partition coefficient (Wildman–Crippen LogP) is 4.33. The Hall–Kier alpha value is -2.74. The molecule has 2 N–H and O–H groups in total. The quantitative estimate of drug-likeness (QED) is 0.803. The fourth-order valence-electron chi connectivity index (χ4n) is 2.00. The molecule has 0 saturated carbocycles. The smallest absolute Gasteiger partial charge is 0.417 e. The molecule has 26 heavy (non-hydrogen) atoms. The van der Waals surface area contributed by atoms with E-state index in [2.05, 4.69) is 10.6 Å². The van der Waals surface area contributed by atoms with E-state index in [9.17, 15) is 22.8 Å². The first-order valence-electron chi connectivity index (χ1n) is 7.32. The van der Waals surface area contributed by atoms with Gasteiger partial charge < -0.3 is 15.4 Å². The van der Waals surface area contributed by atoms with Crippen LogP contribution in [0.15, 0.2) is 42.5 Å². The van der Waals surface area contributed by atoms with E-state index in [0.29, 0.717) is 11.4 Å². The number of carbonyl (C=O) groups is 2. The number of nitrogens with one attached hydrogen (secondary N) is 2. The van der Waals surface area contributed by atoms with E-state index in [1.807, 2.05) is 0 Å². The van der Waals surface area contributed by atoms with Gasteiger partial charge in [-0.3, -0.25) is 9.59 Å².